The maximum absolute atomic E-state index is 12.4. The maximum atomic E-state index is 12.4. The summed E-state index contributed by atoms with van der Waals surface area (Å²) in [5.74, 6) is 1.73. The van der Waals surface area contributed by atoms with Gasteiger partial charge in [0, 0.05) is 11.1 Å². The molecule has 0 heterocycles. The van der Waals surface area contributed by atoms with Crippen molar-refractivity contribution >= 4 is 5.91 Å². The Labute approximate surface area is 154 Å². The van der Waals surface area contributed by atoms with Crippen molar-refractivity contribution in [3.63, 3.8) is 0 Å². The van der Waals surface area contributed by atoms with E-state index in [0.29, 0.717) is 36.6 Å². The topological polar surface area (TPSA) is 56.8 Å². The molecule has 5 heteroatoms. The molecular formula is C21H25NO4. The summed E-state index contributed by atoms with van der Waals surface area (Å²) in [4.78, 5) is 12.4. The fourth-order valence-corrected chi connectivity index (χ4v) is 2.55. The Bertz CT molecular complexity index is 753. The van der Waals surface area contributed by atoms with Crippen LogP contribution in [0.15, 0.2) is 49.1 Å². The Morgan fingerprint density at radius 2 is 1.88 bits per heavy atom. The first kappa shape index (κ1) is 19.4. The van der Waals surface area contributed by atoms with E-state index in [9.17, 15) is 4.79 Å². The average molecular weight is 355 g/mol. The summed E-state index contributed by atoms with van der Waals surface area (Å²) in [5.41, 5.74) is 2.53. The van der Waals surface area contributed by atoms with E-state index in [0.717, 1.165) is 11.3 Å². The molecule has 0 aliphatic carbocycles. The Morgan fingerprint density at radius 3 is 2.50 bits per heavy atom. The third-order valence-electron chi connectivity index (χ3n) is 3.86. The summed E-state index contributed by atoms with van der Waals surface area (Å²) in [6.45, 7) is 6.56. The van der Waals surface area contributed by atoms with Crippen molar-refractivity contribution < 1.29 is 19.0 Å². The zero-order valence-electron chi connectivity index (χ0n) is 15.5. The first-order valence-corrected chi connectivity index (χ1v) is 8.42. The Hall–Kier alpha value is -2.95. The molecule has 2 aromatic rings. The van der Waals surface area contributed by atoms with Gasteiger partial charge in [0.1, 0.15) is 12.4 Å². The fourth-order valence-electron chi connectivity index (χ4n) is 2.55. The Balaban J connectivity index is 1.98. The molecule has 0 saturated heterocycles. The number of carbonyl (C=O) groups is 1. The summed E-state index contributed by atoms with van der Waals surface area (Å²) in [7, 11) is 3.12. The minimum absolute atomic E-state index is 0.191. The van der Waals surface area contributed by atoms with Gasteiger partial charge in [-0.3, -0.25) is 4.79 Å². The van der Waals surface area contributed by atoms with Crippen LogP contribution in [-0.2, 0) is 6.42 Å². The number of allylic oxidation sites excluding steroid dienone is 1. The van der Waals surface area contributed by atoms with E-state index in [-0.39, 0.29) is 5.91 Å². The van der Waals surface area contributed by atoms with Gasteiger partial charge in [-0.2, -0.15) is 0 Å². The monoisotopic (exact) mass is 355 g/mol. The zero-order chi connectivity index (χ0) is 18.9. The highest BCUT2D eigenvalue weighted by Crippen LogP contribution is 2.33. The molecule has 2 aromatic carbocycles. The first-order valence-electron chi connectivity index (χ1n) is 8.42. The van der Waals surface area contributed by atoms with E-state index in [1.54, 1.807) is 32.4 Å². The van der Waals surface area contributed by atoms with Crippen molar-refractivity contribution in [2.75, 3.05) is 27.4 Å². The van der Waals surface area contributed by atoms with Gasteiger partial charge < -0.3 is 19.5 Å². The second-order valence-corrected chi connectivity index (χ2v) is 5.78. The van der Waals surface area contributed by atoms with Gasteiger partial charge in [0.15, 0.2) is 11.5 Å². The molecule has 138 valence electrons. The SMILES string of the molecule is C=CCc1cc(C(=O)NCCOc2ccc(C)cc2)cc(OC)c1OC. The standard InChI is InChI=1S/C21H25NO4/c1-5-6-16-13-17(14-19(24-3)20(16)25-4)21(23)22-11-12-26-18-9-7-15(2)8-10-18/h5,7-10,13-14H,1,6,11-12H2,2-4H3,(H,22,23). The molecule has 5 nitrogen and oxygen atoms in total. The maximum Gasteiger partial charge on any atom is 0.251 e. The Kier molecular flexibility index (Phi) is 7.09. The van der Waals surface area contributed by atoms with Crippen molar-refractivity contribution in [3.8, 4) is 17.2 Å². The van der Waals surface area contributed by atoms with Gasteiger partial charge in [0.25, 0.3) is 5.91 Å². The predicted octanol–water partition coefficient (Wildman–Crippen LogP) is 3.55. The highest BCUT2D eigenvalue weighted by atomic mass is 16.5. The van der Waals surface area contributed by atoms with Crippen LogP contribution in [0, 0.1) is 6.92 Å². The van der Waals surface area contributed by atoms with Crippen LogP contribution in [0.3, 0.4) is 0 Å². The normalized spacial score (nSPS) is 10.1. The molecule has 0 atom stereocenters. The lowest BCUT2D eigenvalue weighted by Gasteiger charge is -2.14. The number of nitrogens with one attached hydrogen (secondary N) is 1. The van der Waals surface area contributed by atoms with Gasteiger partial charge in [0.05, 0.1) is 20.8 Å². The lowest BCUT2D eigenvalue weighted by Crippen LogP contribution is -2.28. The molecule has 0 aliphatic heterocycles. The minimum atomic E-state index is -0.191. The average Bonchev–Trinajstić information content (AvgIpc) is 2.66. The van der Waals surface area contributed by atoms with E-state index >= 15 is 0 Å². The molecule has 2 rings (SSSR count). The number of amides is 1. The number of carbonyl (C=O) groups excluding carboxylic acids is 1. The third-order valence-corrected chi connectivity index (χ3v) is 3.86. The van der Waals surface area contributed by atoms with Gasteiger partial charge in [-0.05, 0) is 37.6 Å². The summed E-state index contributed by atoms with van der Waals surface area (Å²) >= 11 is 0. The summed E-state index contributed by atoms with van der Waals surface area (Å²) in [6, 6.07) is 11.2. The molecular weight excluding hydrogens is 330 g/mol. The summed E-state index contributed by atoms with van der Waals surface area (Å²) < 4.78 is 16.3. The molecule has 0 unspecified atom stereocenters. The minimum Gasteiger partial charge on any atom is -0.493 e. The first-order chi connectivity index (χ1) is 12.6. The van der Waals surface area contributed by atoms with E-state index in [1.807, 2.05) is 31.2 Å². The number of aryl methyl sites for hydroxylation is 1. The number of rotatable bonds is 9. The smallest absolute Gasteiger partial charge is 0.251 e. The summed E-state index contributed by atoms with van der Waals surface area (Å²) in [5, 5.41) is 2.85. The van der Waals surface area contributed by atoms with Gasteiger partial charge >= 0.3 is 0 Å². The molecule has 0 aromatic heterocycles. The van der Waals surface area contributed by atoms with E-state index in [2.05, 4.69) is 11.9 Å². The number of hydrogen-bond donors (Lipinski definition) is 1. The van der Waals surface area contributed by atoms with Crippen molar-refractivity contribution in [1.29, 1.82) is 0 Å². The van der Waals surface area contributed by atoms with Crippen molar-refractivity contribution in [2.45, 2.75) is 13.3 Å². The van der Waals surface area contributed by atoms with Crippen LogP contribution in [0.4, 0.5) is 0 Å². The second kappa shape index (κ2) is 9.51. The van der Waals surface area contributed by atoms with Crippen molar-refractivity contribution in [2.24, 2.45) is 0 Å². The lowest BCUT2D eigenvalue weighted by molar-refractivity contribution is 0.0946. The van der Waals surface area contributed by atoms with E-state index in [4.69, 9.17) is 14.2 Å². The molecule has 1 N–H and O–H groups in total. The fraction of sp³-hybridized carbons (Fsp3) is 0.286. The number of benzene rings is 2. The largest absolute Gasteiger partial charge is 0.493 e. The van der Waals surface area contributed by atoms with Crippen LogP contribution >= 0.6 is 0 Å². The van der Waals surface area contributed by atoms with Crippen molar-refractivity contribution in [3.05, 3.63) is 65.7 Å². The van der Waals surface area contributed by atoms with E-state index < -0.39 is 0 Å². The van der Waals surface area contributed by atoms with Gasteiger partial charge in [-0.1, -0.05) is 23.8 Å². The van der Waals surface area contributed by atoms with Gasteiger partial charge in [0.2, 0.25) is 0 Å². The molecule has 0 saturated carbocycles. The molecule has 1 amide bonds. The van der Waals surface area contributed by atoms with Crippen LogP contribution in [0.25, 0.3) is 0 Å². The predicted molar refractivity (Wildman–Crippen MR) is 102 cm³/mol. The van der Waals surface area contributed by atoms with Gasteiger partial charge in [-0.25, -0.2) is 0 Å². The van der Waals surface area contributed by atoms with Gasteiger partial charge in [-0.15, -0.1) is 6.58 Å². The number of ether oxygens (including phenoxy) is 3. The quantitative estimate of drug-likeness (QED) is 0.552. The number of methoxy groups -OCH3 is 2. The van der Waals surface area contributed by atoms with Crippen LogP contribution in [0.1, 0.15) is 21.5 Å². The van der Waals surface area contributed by atoms with Crippen molar-refractivity contribution in [1.82, 2.24) is 5.32 Å². The molecule has 0 bridgehead atoms. The molecule has 0 spiro atoms. The van der Waals surface area contributed by atoms with Crippen LogP contribution in [0.5, 0.6) is 17.2 Å². The Morgan fingerprint density at radius 1 is 1.15 bits per heavy atom. The van der Waals surface area contributed by atoms with Crippen LogP contribution in [-0.4, -0.2) is 33.3 Å². The molecule has 26 heavy (non-hydrogen) atoms. The highest BCUT2D eigenvalue weighted by Gasteiger charge is 2.15. The van der Waals surface area contributed by atoms with E-state index in [1.165, 1.54) is 5.56 Å². The number of hydrogen-bond acceptors (Lipinski definition) is 4. The summed E-state index contributed by atoms with van der Waals surface area (Å²) in [6.07, 6.45) is 2.34. The molecule has 0 aliphatic rings. The van der Waals surface area contributed by atoms with Crippen LogP contribution < -0.4 is 19.5 Å². The second-order valence-electron chi connectivity index (χ2n) is 5.78. The zero-order valence-corrected chi connectivity index (χ0v) is 15.5. The van der Waals surface area contributed by atoms with Crippen LogP contribution in [0.2, 0.25) is 0 Å². The molecule has 0 fully saturated rings. The lowest BCUT2D eigenvalue weighted by atomic mass is 10.0. The third kappa shape index (κ3) is 5.02. The molecule has 0 radical (unpaired) electrons. The highest BCUT2D eigenvalue weighted by molar-refractivity contribution is 5.95.